The zero-order chi connectivity index (χ0) is 27.1. The van der Waals surface area contributed by atoms with Crippen LogP contribution in [0.3, 0.4) is 0 Å². The third-order valence-electron chi connectivity index (χ3n) is 5.89. The van der Waals surface area contributed by atoms with Crippen LogP contribution >= 0.6 is 0 Å². The van der Waals surface area contributed by atoms with Crippen molar-refractivity contribution in [3.63, 3.8) is 0 Å². The lowest BCUT2D eigenvalue weighted by Crippen LogP contribution is -2.17. The number of halogens is 3. The maximum absolute atomic E-state index is 13.5. The van der Waals surface area contributed by atoms with Gasteiger partial charge in [-0.05, 0) is 60.4 Å². The highest BCUT2D eigenvalue weighted by Gasteiger charge is 2.36. The fraction of sp³-hybridized carbons (Fsp3) is 0.207. The van der Waals surface area contributed by atoms with Crippen molar-refractivity contribution in [2.24, 2.45) is 0 Å². The molecule has 4 rings (SSSR count). The first kappa shape index (κ1) is 26.5. The number of nitriles is 1. The highest BCUT2D eigenvalue weighted by atomic mass is 19.4. The van der Waals surface area contributed by atoms with E-state index in [1.165, 1.54) is 24.3 Å². The number of benzene rings is 3. The van der Waals surface area contributed by atoms with Crippen LogP contribution in [0.1, 0.15) is 52.6 Å². The van der Waals surface area contributed by atoms with Crippen molar-refractivity contribution < 1.29 is 18.0 Å². The first-order valence-electron chi connectivity index (χ1n) is 12.2. The molecule has 0 unspecified atom stereocenters. The van der Waals surface area contributed by atoms with E-state index in [-0.39, 0.29) is 16.9 Å². The lowest BCUT2D eigenvalue weighted by atomic mass is 10.0. The quantitative estimate of drug-likeness (QED) is 0.239. The van der Waals surface area contributed by atoms with Crippen molar-refractivity contribution in [2.75, 3.05) is 17.2 Å². The highest BCUT2D eigenvalue weighted by molar-refractivity contribution is 6.03. The monoisotopic (exact) mass is 517 g/mol. The van der Waals surface area contributed by atoms with Gasteiger partial charge in [0, 0.05) is 24.0 Å². The van der Waals surface area contributed by atoms with E-state index in [2.05, 4.69) is 22.7 Å². The van der Waals surface area contributed by atoms with Crippen LogP contribution in [0.15, 0.2) is 78.9 Å². The molecule has 0 spiro atoms. The smallest absolute Gasteiger partial charge is 0.385 e. The zero-order valence-corrected chi connectivity index (χ0v) is 20.7. The molecule has 0 fully saturated rings. The molecular weight excluding hydrogens is 491 g/mol. The first-order valence-corrected chi connectivity index (χ1v) is 12.2. The number of hydrogen-bond acceptors (Lipinski definition) is 4. The van der Waals surface area contributed by atoms with Gasteiger partial charge in [-0.2, -0.15) is 23.5 Å². The summed E-state index contributed by atoms with van der Waals surface area (Å²) in [5.41, 5.74) is 2.40. The van der Waals surface area contributed by atoms with Gasteiger partial charge in [0.05, 0.1) is 17.3 Å². The highest BCUT2D eigenvalue weighted by Crippen LogP contribution is 2.30. The number of amides is 1. The Kier molecular flexibility index (Phi) is 8.12. The minimum atomic E-state index is -4.74. The van der Waals surface area contributed by atoms with Crippen molar-refractivity contribution in [1.29, 1.82) is 5.26 Å². The van der Waals surface area contributed by atoms with Crippen LogP contribution in [-0.2, 0) is 12.6 Å². The van der Waals surface area contributed by atoms with E-state index in [0.717, 1.165) is 40.9 Å². The molecule has 6 nitrogen and oxygen atoms in total. The Balaban J connectivity index is 1.59. The molecule has 194 valence electrons. The average molecular weight is 518 g/mol. The normalized spacial score (nSPS) is 11.1. The molecule has 1 amide bonds. The van der Waals surface area contributed by atoms with Gasteiger partial charge < -0.3 is 10.6 Å². The molecule has 0 aliphatic heterocycles. The second-order valence-electron chi connectivity index (χ2n) is 8.76. The van der Waals surface area contributed by atoms with Gasteiger partial charge >= 0.3 is 6.18 Å². The van der Waals surface area contributed by atoms with Crippen molar-refractivity contribution >= 4 is 17.3 Å². The summed E-state index contributed by atoms with van der Waals surface area (Å²) in [5, 5.41) is 18.9. The van der Waals surface area contributed by atoms with Crippen molar-refractivity contribution in [3.05, 3.63) is 107 Å². The summed E-state index contributed by atoms with van der Waals surface area (Å²) in [4.78, 5) is 13.2. The van der Waals surface area contributed by atoms with Gasteiger partial charge in [0.25, 0.3) is 5.91 Å². The maximum Gasteiger partial charge on any atom is 0.435 e. The SMILES string of the molecule is CCCCNc1ccccc1Cc1cccc(NC(=O)c2cc(C(F)(F)F)nn2-c2cccc(C#N)c2)c1. The topological polar surface area (TPSA) is 82.7 Å². The summed E-state index contributed by atoms with van der Waals surface area (Å²) in [7, 11) is 0. The number of nitrogens with zero attached hydrogens (tertiary/aromatic N) is 3. The van der Waals surface area contributed by atoms with Gasteiger partial charge in [0.15, 0.2) is 5.69 Å². The fourth-order valence-electron chi connectivity index (χ4n) is 4.01. The molecule has 3 aromatic carbocycles. The molecule has 0 radical (unpaired) electrons. The molecule has 0 saturated carbocycles. The molecule has 9 heteroatoms. The molecular formula is C29H26F3N5O. The van der Waals surface area contributed by atoms with Gasteiger partial charge in [-0.15, -0.1) is 0 Å². The number of carbonyl (C=O) groups is 1. The second kappa shape index (κ2) is 11.6. The van der Waals surface area contributed by atoms with Gasteiger partial charge in [-0.3, -0.25) is 4.79 Å². The molecule has 4 aromatic rings. The van der Waals surface area contributed by atoms with E-state index >= 15 is 0 Å². The number of hydrogen-bond donors (Lipinski definition) is 2. The van der Waals surface area contributed by atoms with Crippen LogP contribution in [0.5, 0.6) is 0 Å². The van der Waals surface area contributed by atoms with E-state index in [0.29, 0.717) is 18.2 Å². The van der Waals surface area contributed by atoms with Crippen LogP contribution < -0.4 is 10.6 Å². The van der Waals surface area contributed by atoms with E-state index in [4.69, 9.17) is 0 Å². The number of anilines is 2. The van der Waals surface area contributed by atoms with Crippen molar-refractivity contribution in [2.45, 2.75) is 32.4 Å². The standard InChI is InChI=1S/C29H26F3N5O/c1-2-3-14-34-25-13-5-4-10-22(25)15-20-8-6-11-23(16-20)35-28(38)26-18-27(29(30,31)32)36-37(26)24-12-7-9-21(17-24)19-33/h4-13,16-18,34H,2-3,14-15H2,1H3,(H,35,38). The van der Waals surface area contributed by atoms with Crippen LogP contribution in [-0.4, -0.2) is 22.2 Å². The molecule has 0 saturated heterocycles. The Hall–Kier alpha value is -4.58. The molecule has 2 N–H and O–H groups in total. The fourth-order valence-corrected chi connectivity index (χ4v) is 4.01. The van der Waals surface area contributed by atoms with Gasteiger partial charge in [0.1, 0.15) is 5.69 Å². The Morgan fingerprint density at radius 1 is 1.03 bits per heavy atom. The molecule has 0 aliphatic rings. The minimum absolute atomic E-state index is 0.172. The zero-order valence-electron chi connectivity index (χ0n) is 20.7. The first-order chi connectivity index (χ1) is 18.3. The van der Waals surface area contributed by atoms with E-state index in [9.17, 15) is 23.2 Å². The number of carbonyl (C=O) groups excluding carboxylic acids is 1. The van der Waals surface area contributed by atoms with E-state index in [1.807, 2.05) is 36.4 Å². The summed E-state index contributed by atoms with van der Waals surface area (Å²) in [6.45, 7) is 3.00. The summed E-state index contributed by atoms with van der Waals surface area (Å²) in [6.07, 6.45) is -1.99. The summed E-state index contributed by atoms with van der Waals surface area (Å²) < 4.78 is 41.3. The molecule has 0 bridgehead atoms. The van der Waals surface area contributed by atoms with Crippen LogP contribution in [0.2, 0.25) is 0 Å². The summed E-state index contributed by atoms with van der Waals surface area (Å²) in [5.74, 6) is -0.755. The van der Waals surface area contributed by atoms with Gasteiger partial charge in [-0.25, -0.2) is 4.68 Å². The van der Waals surface area contributed by atoms with Crippen molar-refractivity contribution in [3.8, 4) is 11.8 Å². The van der Waals surface area contributed by atoms with Gasteiger partial charge in [-0.1, -0.05) is 49.7 Å². The number of para-hydroxylation sites is 1. The predicted octanol–water partition coefficient (Wildman–Crippen LogP) is 6.82. The number of unbranched alkanes of at least 4 members (excludes halogenated alkanes) is 1. The molecule has 1 aromatic heterocycles. The third-order valence-corrected chi connectivity index (χ3v) is 5.89. The second-order valence-corrected chi connectivity index (χ2v) is 8.76. The summed E-state index contributed by atoms with van der Waals surface area (Å²) >= 11 is 0. The Morgan fingerprint density at radius 3 is 2.58 bits per heavy atom. The number of rotatable bonds is 9. The van der Waals surface area contributed by atoms with Gasteiger partial charge in [0.2, 0.25) is 0 Å². The molecule has 38 heavy (non-hydrogen) atoms. The third kappa shape index (κ3) is 6.40. The Bertz CT molecular complexity index is 1470. The maximum atomic E-state index is 13.5. The number of alkyl halides is 3. The lowest BCUT2D eigenvalue weighted by Gasteiger charge is -2.13. The van der Waals surface area contributed by atoms with Crippen LogP contribution in [0.4, 0.5) is 24.5 Å². The predicted molar refractivity (Wildman–Crippen MR) is 140 cm³/mol. The molecule has 0 atom stereocenters. The largest absolute Gasteiger partial charge is 0.435 e. The molecule has 1 heterocycles. The number of aromatic nitrogens is 2. The Labute approximate surface area is 218 Å². The minimum Gasteiger partial charge on any atom is -0.385 e. The number of nitrogens with one attached hydrogen (secondary N) is 2. The lowest BCUT2D eigenvalue weighted by molar-refractivity contribution is -0.141. The van der Waals surface area contributed by atoms with Crippen LogP contribution in [0, 0.1) is 11.3 Å². The summed E-state index contributed by atoms with van der Waals surface area (Å²) in [6, 6.07) is 23.7. The molecule has 0 aliphatic carbocycles. The van der Waals surface area contributed by atoms with E-state index < -0.39 is 17.8 Å². The Morgan fingerprint density at radius 2 is 1.82 bits per heavy atom. The average Bonchev–Trinajstić information content (AvgIpc) is 3.37. The van der Waals surface area contributed by atoms with E-state index in [1.54, 1.807) is 18.2 Å². The van der Waals surface area contributed by atoms with Crippen LogP contribution in [0.25, 0.3) is 5.69 Å². The van der Waals surface area contributed by atoms with Crippen molar-refractivity contribution in [1.82, 2.24) is 9.78 Å².